The van der Waals surface area contributed by atoms with Gasteiger partial charge in [-0.15, -0.1) is 0 Å². The van der Waals surface area contributed by atoms with E-state index >= 15 is 0 Å². The Labute approximate surface area is 175 Å². The van der Waals surface area contributed by atoms with Crippen LogP contribution in [0.25, 0.3) is 0 Å². The summed E-state index contributed by atoms with van der Waals surface area (Å²) in [6, 6.07) is 5.44. The number of ether oxygens (including phenoxy) is 1. The summed E-state index contributed by atoms with van der Waals surface area (Å²) in [7, 11) is -3.71. The molecule has 2 heterocycles. The van der Waals surface area contributed by atoms with E-state index < -0.39 is 33.4 Å². The Morgan fingerprint density at radius 2 is 2.00 bits per heavy atom. The maximum atomic E-state index is 12.7. The van der Waals surface area contributed by atoms with Gasteiger partial charge in [0.2, 0.25) is 10.0 Å². The Morgan fingerprint density at radius 3 is 2.67 bits per heavy atom. The van der Waals surface area contributed by atoms with Crippen LogP contribution in [0.3, 0.4) is 0 Å². The molecule has 160 valence electrons. The first-order chi connectivity index (χ1) is 14.3. The smallest absolute Gasteiger partial charge is 0.345 e. The minimum absolute atomic E-state index is 0.00243. The van der Waals surface area contributed by atoms with E-state index in [4.69, 9.17) is 4.74 Å². The predicted molar refractivity (Wildman–Crippen MR) is 107 cm³/mol. The SMILES string of the molecule is O=C(COC(=O)c1cccc(S(=O)(=O)N2CCCCC2)c1)Nc1ncc([N+](=O)[O-])s1. The Morgan fingerprint density at radius 1 is 1.27 bits per heavy atom. The van der Waals surface area contributed by atoms with Crippen molar-refractivity contribution in [2.24, 2.45) is 0 Å². The third-order valence-corrected chi connectivity index (χ3v) is 7.04. The number of esters is 1. The minimum atomic E-state index is -3.71. The lowest BCUT2D eigenvalue weighted by Crippen LogP contribution is -2.35. The van der Waals surface area contributed by atoms with Crippen molar-refractivity contribution in [2.75, 3.05) is 25.0 Å². The first kappa shape index (κ1) is 21.8. The number of sulfonamides is 1. The zero-order chi connectivity index (χ0) is 21.7. The number of benzene rings is 1. The summed E-state index contributed by atoms with van der Waals surface area (Å²) in [5.41, 5.74) is -0.00855. The molecule has 2 aromatic rings. The van der Waals surface area contributed by atoms with Crippen molar-refractivity contribution in [3.05, 3.63) is 46.1 Å². The maximum Gasteiger partial charge on any atom is 0.345 e. The van der Waals surface area contributed by atoms with Crippen LogP contribution in [0.2, 0.25) is 0 Å². The van der Waals surface area contributed by atoms with E-state index in [9.17, 15) is 28.1 Å². The molecule has 1 N–H and O–H groups in total. The van der Waals surface area contributed by atoms with E-state index in [0.29, 0.717) is 24.4 Å². The number of rotatable bonds is 7. The molecule has 3 rings (SSSR count). The number of thiazole rings is 1. The molecule has 13 heteroatoms. The molecule has 1 fully saturated rings. The molecule has 0 spiro atoms. The lowest BCUT2D eigenvalue weighted by atomic mass is 10.2. The number of piperidine rings is 1. The van der Waals surface area contributed by atoms with Gasteiger partial charge in [0, 0.05) is 13.1 Å². The van der Waals surface area contributed by atoms with Gasteiger partial charge < -0.3 is 4.74 Å². The molecule has 0 unspecified atom stereocenters. The number of anilines is 1. The Hall–Kier alpha value is -2.90. The van der Waals surface area contributed by atoms with Crippen molar-refractivity contribution in [1.29, 1.82) is 0 Å². The second-order valence-electron chi connectivity index (χ2n) is 6.38. The van der Waals surface area contributed by atoms with Crippen LogP contribution in [0.1, 0.15) is 29.6 Å². The number of nitrogens with zero attached hydrogens (tertiary/aromatic N) is 3. The molecule has 11 nitrogen and oxygen atoms in total. The van der Waals surface area contributed by atoms with E-state index in [1.807, 2.05) is 0 Å². The summed E-state index contributed by atoms with van der Waals surface area (Å²) in [4.78, 5) is 37.7. The number of carbonyl (C=O) groups is 2. The topological polar surface area (TPSA) is 149 Å². The maximum absolute atomic E-state index is 12.7. The Kier molecular flexibility index (Phi) is 6.74. The predicted octanol–water partition coefficient (Wildman–Crippen LogP) is 2.02. The summed E-state index contributed by atoms with van der Waals surface area (Å²) >= 11 is 0.664. The largest absolute Gasteiger partial charge is 0.452 e. The quantitative estimate of drug-likeness (QED) is 0.379. The van der Waals surface area contributed by atoms with Gasteiger partial charge in [-0.25, -0.2) is 18.2 Å². The molecule has 1 aromatic carbocycles. The van der Waals surface area contributed by atoms with E-state index in [1.165, 1.54) is 28.6 Å². The molecular weight excluding hydrogens is 436 g/mol. The highest BCUT2D eigenvalue weighted by molar-refractivity contribution is 7.89. The second-order valence-corrected chi connectivity index (χ2v) is 9.32. The summed E-state index contributed by atoms with van der Waals surface area (Å²) in [6.07, 6.45) is 3.56. The van der Waals surface area contributed by atoms with Gasteiger partial charge in [-0.1, -0.05) is 12.5 Å². The standard InChI is InChI=1S/C17H18N4O7S2/c22-14(19-17-18-10-15(29-17)21(24)25)11-28-16(23)12-5-4-6-13(9-12)30(26,27)20-7-2-1-3-8-20/h4-6,9-10H,1-3,7-8,11H2,(H,18,19,22). The normalized spacial score (nSPS) is 14.8. The van der Waals surface area contributed by atoms with Crippen LogP contribution in [0, 0.1) is 10.1 Å². The fraction of sp³-hybridized carbons (Fsp3) is 0.353. The molecule has 1 aliphatic rings. The fourth-order valence-electron chi connectivity index (χ4n) is 2.82. The van der Waals surface area contributed by atoms with E-state index in [1.54, 1.807) is 0 Å². The van der Waals surface area contributed by atoms with Gasteiger partial charge in [-0.3, -0.25) is 20.2 Å². The Balaban J connectivity index is 1.60. The van der Waals surface area contributed by atoms with Gasteiger partial charge >= 0.3 is 11.0 Å². The van der Waals surface area contributed by atoms with Crippen LogP contribution in [-0.2, 0) is 19.6 Å². The molecule has 30 heavy (non-hydrogen) atoms. The van der Waals surface area contributed by atoms with Crippen molar-refractivity contribution < 1.29 is 27.7 Å². The second kappa shape index (κ2) is 9.28. The molecule has 0 aliphatic carbocycles. The summed E-state index contributed by atoms with van der Waals surface area (Å²) in [5, 5.41) is 12.7. The minimum Gasteiger partial charge on any atom is -0.452 e. The lowest BCUT2D eigenvalue weighted by molar-refractivity contribution is -0.380. The highest BCUT2D eigenvalue weighted by atomic mass is 32.2. The van der Waals surface area contributed by atoms with Gasteiger partial charge in [-0.2, -0.15) is 4.31 Å². The van der Waals surface area contributed by atoms with Crippen LogP contribution in [0.5, 0.6) is 0 Å². The molecule has 0 radical (unpaired) electrons. The highest BCUT2D eigenvalue weighted by Crippen LogP contribution is 2.25. The van der Waals surface area contributed by atoms with E-state index in [0.717, 1.165) is 25.5 Å². The zero-order valence-electron chi connectivity index (χ0n) is 15.6. The van der Waals surface area contributed by atoms with Crippen LogP contribution >= 0.6 is 11.3 Å². The Bertz CT molecular complexity index is 1060. The lowest BCUT2D eigenvalue weighted by Gasteiger charge is -2.25. The third-order valence-electron chi connectivity index (χ3n) is 4.28. The molecule has 1 aromatic heterocycles. The average Bonchev–Trinajstić information content (AvgIpc) is 3.21. The molecular formula is C17H18N4O7S2. The van der Waals surface area contributed by atoms with Crippen LogP contribution < -0.4 is 5.32 Å². The first-order valence-corrected chi connectivity index (χ1v) is 11.2. The van der Waals surface area contributed by atoms with Crippen molar-refractivity contribution in [3.63, 3.8) is 0 Å². The summed E-state index contributed by atoms with van der Waals surface area (Å²) < 4.78 is 31.8. The molecule has 1 saturated heterocycles. The van der Waals surface area contributed by atoms with Crippen LogP contribution in [0.4, 0.5) is 10.1 Å². The van der Waals surface area contributed by atoms with Crippen molar-refractivity contribution in [3.8, 4) is 0 Å². The van der Waals surface area contributed by atoms with Gasteiger partial charge in [-0.05, 0) is 42.4 Å². The van der Waals surface area contributed by atoms with Crippen molar-refractivity contribution >= 4 is 43.4 Å². The summed E-state index contributed by atoms with van der Waals surface area (Å²) in [6.45, 7) is 0.216. The molecule has 0 atom stereocenters. The number of nitrogens with one attached hydrogen (secondary N) is 1. The number of amides is 1. The molecule has 1 aliphatic heterocycles. The number of hydrogen-bond acceptors (Lipinski definition) is 9. The van der Waals surface area contributed by atoms with Crippen LogP contribution in [0.15, 0.2) is 35.4 Å². The van der Waals surface area contributed by atoms with Gasteiger partial charge in [0.05, 0.1) is 15.4 Å². The van der Waals surface area contributed by atoms with E-state index in [2.05, 4.69) is 10.3 Å². The number of hydrogen-bond donors (Lipinski definition) is 1. The average molecular weight is 454 g/mol. The molecule has 0 bridgehead atoms. The third kappa shape index (κ3) is 5.17. The van der Waals surface area contributed by atoms with Gasteiger partial charge in [0.1, 0.15) is 6.20 Å². The monoisotopic (exact) mass is 454 g/mol. The molecule has 0 saturated carbocycles. The van der Waals surface area contributed by atoms with E-state index in [-0.39, 0.29) is 20.6 Å². The summed E-state index contributed by atoms with van der Waals surface area (Å²) in [5.74, 6) is -1.60. The van der Waals surface area contributed by atoms with Crippen molar-refractivity contribution in [1.82, 2.24) is 9.29 Å². The first-order valence-electron chi connectivity index (χ1n) is 8.95. The number of aromatic nitrogens is 1. The van der Waals surface area contributed by atoms with Gasteiger partial charge in [0.25, 0.3) is 5.91 Å². The highest BCUT2D eigenvalue weighted by Gasteiger charge is 2.26. The van der Waals surface area contributed by atoms with Crippen LogP contribution in [-0.4, -0.2) is 54.2 Å². The molecule has 1 amide bonds. The zero-order valence-corrected chi connectivity index (χ0v) is 17.3. The van der Waals surface area contributed by atoms with Crippen molar-refractivity contribution in [2.45, 2.75) is 24.2 Å². The fourth-order valence-corrected chi connectivity index (χ4v) is 5.03. The number of carbonyl (C=O) groups excluding carboxylic acids is 2. The number of nitro groups is 1. The van der Waals surface area contributed by atoms with Gasteiger partial charge in [0.15, 0.2) is 11.7 Å².